The van der Waals surface area contributed by atoms with Gasteiger partial charge in [0.05, 0.1) is 11.9 Å². The Labute approximate surface area is 99.9 Å². The molecule has 0 saturated heterocycles. The summed E-state index contributed by atoms with van der Waals surface area (Å²) in [5, 5.41) is 6.11. The van der Waals surface area contributed by atoms with Gasteiger partial charge in [0.15, 0.2) is 0 Å². The van der Waals surface area contributed by atoms with Crippen molar-refractivity contribution in [2.45, 2.75) is 18.7 Å². The molecule has 0 saturated carbocycles. The maximum Gasteiger partial charge on any atom is 0.265 e. The van der Waals surface area contributed by atoms with E-state index < -0.39 is 10.0 Å². The Hall–Kier alpha value is -1.82. The van der Waals surface area contributed by atoms with Crippen molar-refractivity contribution in [3.05, 3.63) is 41.7 Å². The number of para-hydroxylation sites is 1. The molecule has 6 heteroatoms. The van der Waals surface area contributed by atoms with Gasteiger partial charge in [-0.05, 0) is 25.0 Å². The van der Waals surface area contributed by atoms with Crippen LogP contribution in [0.1, 0.15) is 11.1 Å². The van der Waals surface area contributed by atoms with Crippen molar-refractivity contribution >= 4 is 15.7 Å². The SMILES string of the molecule is Cc1cccc(C)c1NS(=O)(=O)c1cn[nH]c1. The van der Waals surface area contributed by atoms with Gasteiger partial charge in [-0.2, -0.15) is 5.10 Å². The van der Waals surface area contributed by atoms with Crippen LogP contribution in [0, 0.1) is 13.8 Å². The Kier molecular flexibility index (Phi) is 2.89. The summed E-state index contributed by atoms with van der Waals surface area (Å²) >= 11 is 0. The maximum absolute atomic E-state index is 12.0. The molecule has 1 heterocycles. The van der Waals surface area contributed by atoms with Gasteiger partial charge >= 0.3 is 0 Å². The summed E-state index contributed by atoms with van der Waals surface area (Å²) in [5.41, 5.74) is 2.39. The fourth-order valence-electron chi connectivity index (χ4n) is 1.55. The summed E-state index contributed by atoms with van der Waals surface area (Å²) in [6.45, 7) is 3.72. The highest BCUT2D eigenvalue weighted by molar-refractivity contribution is 7.92. The summed E-state index contributed by atoms with van der Waals surface area (Å²) in [4.78, 5) is 0.125. The van der Waals surface area contributed by atoms with Gasteiger partial charge in [0, 0.05) is 6.20 Å². The Bertz CT molecular complexity index is 598. The van der Waals surface area contributed by atoms with Crippen molar-refractivity contribution < 1.29 is 8.42 Å². The third-order valence-corrected chi connectivity index (χ3v) is 3.82. The van der Waals surface area contributed by atoms with E-state index in [2.05, 4.69) is 14.9 Å². The third-order valence-electron chi connectivity index (χ3n) is 2.50. The monoisotopic (exact) mass is 251 g/mol. The molecule has 17 heavy (non-hydrogen) atoms. The molecule has 0 fully saturated rings. The number of hydrogen-bond donors (Lipinski definition) is 2. The van der Waals surface area contributed by atoms with Crippen LogP contribution in [0.2, 0.25) is 0 Å². The molecule has 0 radical (unpaired) electrons. The van der Waals surface area contributed by atoms with Crippen molar-refractivity contribution in [1.29, 1.82) is 0 Å². The lowest BCUT2D eigenvalue weighted by molar-refractivity contribution is 0.601. The zero-order chi connectivity index (χ0) is 12.5. The maximum atomic E-state index is 12.0. The van der Waals surface area contributed by atoms with Crippen LogP contribution < -0.4 is 4.72 Å². The summed E-state index contributed by atoms with van der Waals surface area (Å²) < 4.78 is 26.6. The lowest BCUT2D eigenvalue weighted by Crippen LogP contribution is -2.14. The molecule has 90 valence electrons. The summed E-state index contributed by atoms with van der Waals surface area (Å²) in [6.07, 6.45) is 2.62. The van der Waals surface area contributed by atoms with E-state index in [1.807, 2.05) is 32.0 Å². The van der Waals surface area contributed by atoms with E-state index in [0.29, 0.717) is 5.69 Å². The minimum Gasteiger partial charge on any atom is -0.284 e. The highest BCUT2D eigenvalue weighted by Gasteiger charge is 2.17. The minimum absolute atomic E-state index is 0.125. The van der Waals surface area contributed by atoms with Gasteiger partial charge in [0.1, 0.15) is 4.90 Å². The van der Waals surface area contributed by atoms with Crippen LogP contribution in [0.5, 0.6) is 0 Å². The van der Waals surface area contributed by atoms with E-state index in [-0.39, 0.29) is 4.90 Å². The highest BCUT2D eigenvalue weighted by Crippen LogP contribution is 2.22. The van der Waals surface area contributed by atoms with Crippen LogP contribution in [0.25, 0.3) is 0 Å². The van der Waals surface area contributed by atoms with Crippen molar-refractivity contribution in [1.82, 2.24) is 10.2 Å². The number of aromatic nitrogens is 2. The normalized spacial score (nSPS) is 11.4. The number of H-pyrrole nitrogens is 1. The molecule has 1 aromatic carbocycles. The van der Waals surface area contributed by atoms with Gasteiger partial charge in [-0.3, -0.25) is 9.82 Å². The second-order valence-electron chi connectivity index (χ2n) is 3.81. The van der Waals surface area contributed by atoms with Crippen molar-refractivity contribution in [3.63, 3.8) is 0 Å². The zero-order valence-electron chi connectivity index (χ0n) is 9.56. The smallest absolute Gasteiger partial charge is 0.265 e. The number of rotatable bonds is 3. The van der Waals surface area contributed by atoms with Crippen molar-refractivity contribution in [2.24, 2.45) is 0 Å². The summed E-state index contributed by atoms with van der Waals surface area (Å²) in [6, 6.07) is 5.61. The molecule has 5 nitrogen and oxygen atoms in total. The van der Waals surface area contributed by atoms with Gasteiger partial charge in [-0.25, -0.2) is 8.42 Å². The number of sulfonamides is 1. The van der Waals surface area contributed by atoms with Crippen LogP contribution in [0.15, 0.2) is 35.5 Å². The van der Waals surface area contributed by atoms with Crippen LogP contribution in [-0.2, 0) is 10.0 Å². The molecule has 2 rings (SSSR count). The van der Waals surface area contributed by atoms with E-state index >= 15 is 0 Å². The number of hydrogen-bond acceptors (Lipinski definition) is 3. The van der Waals surface area contributed by atoms with Gasteiger partial charge < -0.3 is 0 Å². The van der Waals surface area contributed by atoms with Crippen LogP contribution in [-0.4, -0.2) is 18.6 Å². The summed E-state index contributed by atoms with van der Waals surface area (Å²) in [7, 11) is -3.56. The van der Waals surface area contributed by atoms with E-state index in [1.54, 1.807) is 0 Å². The van der Waals surface area contributed by atoms with E-state index in [9.17, 15) is 8.42 Å². The first-order chi connectivity index (χ1) is 8.00. The number of anilines is 1. The van der Waals surface area contributed by atoms with Crippen molar-refractivity contribution in [2.75, 3.05) is 4.72 Å². The standard InChI is InChI=1S/C11H13N3O2S/c1-8-4-3-5-9(2)11(8)14-17(15,16)10-6-12-13-7-10/h3-7,14H,1-2H3,(H,12,13). The van der Waals surface area contributed by atoms with E-state index in [0.717, 1.165) is 11.1 Å². The lowest BCUT2D eigenvalue weighted by Gasteiger charge is -2.11. The third kappa shape index (κ3) is 2.31. The second kappa shape index (κ2) is 4.21. The first-order valence-corrected chi connectivity index (χ1v) is 6.57. The molecule has 1 aromatic heterocycles. The molecule has 0 aliphatic heterocycles. The van der Waals surface area contributed by atoms with Gasteiger partial charge in [-0.15, -0.1) is 0 Å². The summed E-state index contributed by atoms with van der Waals surface area (Å²) in [5.74, 6) is 0. The van der Waals surface area contributed by atoms with E-state index in [1.165, 1.54) is 12.4 Å². The number of aryl methyl sites for hydroxylation is 2. The second-order valence-corrected chi connectivity index (χ2v) is 5.49. The fraction of sp³-hybridized carbons (Fsp3) is 0.182. The Morgan fingerprint density at radius 1 is 1.24 bits per heavy atom. The lowest BCUT2D eigenvalue weighted by atomic mass is 10.1. The van der Waals surface area contributed by atoms with Crippen LogP contribution in [0.3, 0.4) is 0 Å². The predicted octanol–water partition coefficient (Wildman–Crippen LogP) is 1.83. The molecule has 0 atom stereocenters. The average Bonchev–Trinajstić information content (AvgIpc) is 2.77. The average molecular weight is 251 g/mol. The number of nitrogens with zero attached hydrogens (tertiary/aromatic N) is 1. The number of aromatic amines is 1. The van der Waals surface area contributed by atoms with Gasteiger partial charge in [0.25, 0.3) is 10.0 Å². The topological polar surface area (TPSA) is 74.8 Å². The molecule has 2 aromatic rings. The molecule has 0 amide bonds. The molecular formula is C11H13N3O2S. The first-order valence-electron chi connectivity index (χ1n) is 5.08. The quantitative estimate of drug-likeness (QED) is 0.873. The first kappa shape index (κ1) is 11.7. The Morgan fingerprint density at radius 3 is 2.41 bits per heavy atom. The molecule has 0 aliphatic carbocycles. The van der Waals surface area contributed by atoms with Crippen LogP contribution >= 0.6 is 0 Å². The van der Waals surface area contributed by atoms with Gasteiger partial charge in [-0.1, -0.05) is 18.2 Å². The van der Waals surface area contributed by atoms with Crippen LogP contribution in [0.4, 0.5) is 5.69 Å². The minimum atomic E-state index is -3.56. The largest absolute Gasteiger partial charge is 0.284 e. The Balaban J connectivity index is 2.40. The highest BCUT2D eigenvalue weighted by atomic mass is 32.2. The Morgan fingerprint density at radius 2 is 1.88 bits per heavy atom. The zero-order valence-corrected chi connectivity index (χ0v) is 10.4. The molecule has 2 N–H and O–H groups in total. The van der Waals surface area contributed by atoms with Gasteiger partial charge in [0.2, 0.25) is 0 Å². The molecule has 0 spiro atoms. The predicted molar refractivity (Wildman–Crippen MR) is 65.3 cm³/mol. The number of benzene rings is 1. The molecule has 0 unspecified atom stereocenters. The van der Waals surface area contributed by atoms with E-state index in [4.69, 9.17) is 0 Å². The molecular weight excluding hydrogens is 238 g/mol. The molecule has 0 aliphatic rings. The fourth-order valence-corrected chi connectivity index (χ4v) is 2.66. The van der Waals surface area contributed by atoms with Crippen molar-refractivity contribution in [3.8, 4) is 0 Å². The number of nitrogens with one attached hydrogen (secondary N) is 2. The molecule has 0 bridgehead atoms.